The molecule has 0 aliphatic heterocycles. The van der Waals surface area contributed by atoms with Crippen LogP contribution in [0.2, 0.25) is 0 Å². The van der Waals surface area contributed by atoms with Crippen LogP contribution in [-0.4, -0.2) is 27.7 Å². The smallest absolute Gasteiger partial charge is 0.187 e. The van der Waals surface area contributed by atoms with E-state index < -0.39 is 0 Å². The van der Waals surface area contributed by atoms with Gasteiger partial charge in [0, 0.05) is 12.1 Å². The number of nitrogens with zero attached hydrogens (tertiary/aromatic N) is 3. The molecule has 114 valence electrons. The van der Waals surface area contributed by atoms with E-state index in [-0.39, 0.29) is 0 Å². The van der Waals surface area contributed by atoms with Crippen molar-refractivity contribution in [3.8, 4) is 5.69 Å². The number of hydrazone groups is 1. The highest BCUT2D eigenvalue weighted by atomic mass is 32.1. The highest BCUT2D eigenvalue weighted by molar-refractivity contribution is 7.80. The van der Waals surface area contributed by atoms with Gasteiger partial charge in [-0.25, -0.2) is 4.68 Å². The molecule has 0 saturated heterocycles. The van der Waals surface area contributed by atoms with E-state index in [1.165, 1.54) is 0 Å². The number of hydrogen-bond donors (Lipinski definition) is 2. The predicted octanol–water partition coefficient (Wildman–Crippen LogP) is 2.47. The average molecular weight is 313 g/mol. The maximum Gasteiger partial charge on any atom is 0.187 e. The number of rotatable bonds is 5. The normalized spacial score (nSPS) is 10.6. The molecule has 6 heteroatoms. The number of aromatic nitrogens is 2. The molecular weight excluding hydrogens is 294 g/mol. The molecule has 0 bridgehead atoms. The maximum atomic E-state index is 5.08. The molecule has 0 radical (unpaired) electrons. The van der Waals surface area contributed by atoms with Crippen molar-refractivity contribution in [2.24, 2.45) is 5.10 Å². The second-order valence-electron chi connectivity index (χ2n) is 4.70. The fourth-order valence-corrected chi connectivity index (χ4v) is 2.16. The molecule has 1 aromatic heterocycles. The molecule has 5 nitrogen and oxygen atoms in total. The second kappa shape index (κ2) is 7.51. The summed E-state index contributed by atoms with van der Waals surface area (Å²) in [5.74, 6) is 0. The standard InChI is InChI=1S/C16H19N5S/c1-4-10-17-16(22)19-18-11-15-12(2)20-21(13(15)3)14-8-6-5-7-9-14/h4-9,11H,1,10H2,2-3H3,(H2,17,19,22). The second-order valence-corrected chi connectivity index (χ2v) is 5.11. The lowest BCUT2D eigenvalue weighted by Crippen LogP contribution is -2.31. The van der Waals surface area contributed by atoms with Gasteiger partial charge in [-0.15, -0.1) is 6.58 Å². The number of nitrogens with one attached hydrogen (secondary N) is 2. The minimum atomic E-state index is 0.460. The fraction of sp³-hybridized carbons (Fsp3) is 0.188. The SMILES string of the molecule is C=CCNC(=S)NN=Cc1c(C)nn(-c2ccccc2)c1C. The average Bonchev–Trinajstić information content (AvgIpc) is 2.81. The summed E-state index contributed by atoms with van der Waals surface area (Å²) >= 11 is 5.08. The van der Waals surface area contributed by atoms with Gasteiger partial charge in [-0.2, -0.15) is 10.2 Å². The van der Waals surface area contributed by atoms with Gasteiger partial charge in [0.15, 0.2) is 5.11 Å². The molecular formula is C16H19N5S. The van der Waals surface area contributed by atoms with Crippen molar-refractivity contribution in [3.63, 3.8) is 0 Å². The van der Waals surface area contributed by atoms with E-state index in [4.69, 9.17) is 12.2 Å². The van der Waals surface area contributed by atoms with E-state index in [1.54, 1.807) is 12.3 Å². The summed E-state index contributed by atoms with van der Waals surface area (Å²) in [5.41, 5.74) is 6.72. The van der Waals surface area contributed by atoms with Crippen molar-refractivity contribution in [3.05, 3.63) is 59.9 Å². The summed E-state index contributed by atoms with van der Waals surface area (Å²) in [5, 5.41) is 12.1. The van der Waals surface area contributed by atoms with E-state index in [0.717, 1.165) is 22.6 Å². The fourth-order valence-electron chi connectivity index (χ4n) is 2.02. The van der Waals surface area contributed by atoms with Crippen molar-refractivity contribution in [1.82, 2.24) is 20.5 Å². The van der Waals surface area contributed by atoms with Gasteiger partial charge in [0.1, 0.15) is 0 Å². The lowest BCUT2D eigenvalue weighted by Gasteiger charge is -2.04. The van der Waals surface area contributed by atoms with Gasteiger partial charge in [0.05, 0.1) is 23.3 Å². The molecule has 0 fully saturated rings. The summed E-state index contributed by atoms with van der Waals surface area (Å²) in [6, 6.07) is 10.0. The first-order chi connectivity index (χ1) is 10.6. The van der Waals surface area contributed by atoms with Crippen LogP contribution >= 0.6 is 12.2 Å². The molecule has 22 heavy (non-hydrogen) atoms. The first-order valence-electron chi connectivity index (χ1n) is 6.93. The monoisotopic (exact) mass is 313 g/mol. The van der Waals surface area contributed by atoms with Crippen LogP contribution in [0, 0.1) is 13.8 Å². The largest absolute Gasteiger partial charge is 0.358 e. The minimum Gasteiger partial charge on any atom is -0.358 e. The first-order valence-corrected chi connectivity index (χ1v) is 7.33. The molecule has 1 aromatic carbocycles. The Hall–Kier alpha value is -2.47. The number of hydrogen-bond acceptors (Lipinski definition) is 3. The summed E-state index contributed by atoms with van der Waals surface area (Å²) in [6.45, 7) is 8.20. The number of aryl methyl sites for hydroxylation is 1. The molecule has 0 saturated carbocycles. The van der Waals surface area contributed by atoms with Crippen molar-refractivity contribution >= 4 is 23.5 Å². The molecule has 2 N–H and O–H groups in total. The lowest BCUT2D eigenvalue weighted by atomic mass is 10.2. The highest BCUT2D eigenvalue weighted by Crippen LogP contribution is 2.15. The van der Waals surface area contributed by atoms with Gasteiger partial charge in [-0.3, -0.25) is 5.43 Å². The van der Waals surface area contributed by atoms with Gasteiger partial charge in [0.25, 0.3) is 0 Å². The van der Waals surface area contributed by atoms with E-state index >= 15 is 0 Å². The number of benzene rings is 1. The Bertz CT molecular complexity index is 688. The minimum absolute atomic E-state index is 0.460. The van der Waals surface area contributed by atoms with Gasteiger partial charge >= 0.3 is 0 Å². The predicted molar refractivity (Wildman–Crippen MR) is 94.6 cm³/mol. The summed E-state index contributed by atoms with van der Waals surface area (Å²) in [4.78, 5) is 0. The Labute approximate surface area is 135 Å². The van der Waals surface area contributed by atoms with Gasteiger partial charge in [0.2, 0.25) is 0 Å². The van der Waals surface area contributed by atoms with Crippen molar-refractivity contribution in [2.75, 3.05) is 6.54 Å². The summed E-state index contributed by atoms with van der Waals surface area (Å²) < 4.78 is 1.91. The van der Waals surface area contributed by atoms with Crippen LogP contribution in [0.5, 0.6) is 0 Å². The van der Waals surface area contributed by atoms with E-state index in [0.29, 0.717) is 11.7 Å². The molecule has 2 rings (SSSR count). The Morgan fingerprint density at radius 1 is 1.36 bits per heavy atom. The number of para-hydroxylation sites is 1. The molecule has 0 unspecified atom stereocenters. The first kappa shape index (κ1) is 15.9. The molecule has 0 spiro atoms. The topological polar surface area (TPSA) is 54.2 Å². The van der Waals surface area contributed by atoms with Crippen LogP contribution in [-0.2, 0) is 0 Å². The molecule has 2 aromatic rings. The van der Waals surface area contributed by atoms with Crippen molar-refractivity contribution in [2.45, 2.75) is 13.8 Å². The molecule has 1 heterocycles. The third-order valence-corrected chi connectivity index (χ3v) is 3.35. The van der Waals surface area contributed by atoms with Crippen LogP contribution < -0.4 is 10.7 Å². The quantitative estimate of drug-likeness (QED) is 0.385. The molecule has 0 aliphatic carbocycles. The zero-order valence-corrected chi connectivity index (χ0v) is 13.5. The van der Waals surface area contributed by atoms with Crippen LogP contribution in [0.25, 0.3) is 5.69 Å². The third-order valence-electron chi connectivity index (χ3n) is 3.11. The van der Waals surface area contributed by atoms with Gasteiger partial charge in [-0.1, -0.05) is 24.3 Å². The number of thiocarbonyl (C=S) groups is 1. The van der Waals surface area contributed by atoms with Crippen LogP contribution in [0.3, 0.4) is 0 Å². The van der Waals surface area contributed by atoms with E-state index in [2.05, 4.69) is 27.5 Å². The molecule has 0 aliphatic rings. The van der Waals surface area contributed by atoms with Crippen LogP contribution in [0.1, 0.15) is 17.0 Å². The lowest BCUT2D eigenvalue weighted by molar-refractivity contribution is 0.833. The summed E-state index contributed by atoms with van der Waals surface area (Å²) in [7, 11) is 0. The zero-order valence-electron chi connectivity index (χ0n) is 12.7. The third kappa shape index (κ3) is 3.79. The Morgan fingerprint density at radius 2 is 2.09 bits per heavy atom. The molecule has 0 atom stereocenters. The van der Waals surface area contributed by atoms with Gasteiger partial charge in [-0.05, 0) is 38.2 Å². The van der Waals surface area contributed by atoms with Crippen LogP contribution in [0.15, 0.2) is 48.1 Å². The summed E-state index contributed by atoms with van der Waals surface area (Å²) in [6.07, 6.45) is 3.47. The van der Waals surface area contributed by atoms with E-state index in [9.17, 15) is 0 Å². The van der Waals surface area contributed by atoms with E-state index in [1.807, 2.05) is 48.9 Å². The maximum absolute atomic E-state index is 5.08. The Kier molecular flexibility index (Phi) is 5.43. The van der Waals surface area contributed by atoms with Crippen molar-refractivity contribution in [1.29, 1.82) is 0 Å². The Morgan fingerprint density at radius 3 is 2.77 bits per heavy atom. The van der Waals surface area contributed by atoms with Gasteiger partial charge < -0.3 is 5.32 Å². The Balaban J connectivity index is 2.14. The van der Waals surface area contributed by atoms with Crippen LogP contribution in [0.4, 0.5) is 0 Å². The molecule has 0 amide bonds. The van der Waals surface area contributed by atoms with Crippen molar-refractivity contribution < 1.29 is 0 Å². The highest BCUT2D eigenvalue weighted by Gasteiger charge is 2.10. The zero-order chi connectivity index (χ0) is 15.9.